The molecule has 0 aromatic heterocycles. The van der Waals surface area contributed by atoms with E-state index in [1.165, 1.54) is 31.4 Å². The molecule has 0 radical (unpaired) electrons. The topological polar surface area (TPSA) is 29.3 Å². The minimum absolute atomic E-state index is 0.176. The van der Waals surface area contributed by atoms with Gasteiger partial charge in [-0.05, 0) is 45.2 Å². The number of nitrogens with two attached hydrogens (primary N) is 1. The van der Waals surface area contributed by atoms with Crippen molar-refractivity contribution in [3.8, 4) is 0 Å². The van der Waals surface area contributed by atoms with Gasteiger partial charge in [0.2, 0.25) is 0 Å². The number of hydrogen-bond acceptors (Lipinski definition) is 2. The number of rotatable bonds is 4. The van der Waals surface area contributed by atoms with Gasteiger partial charge in [0.25, 0.3) is 0 Å². The molecule has 1 aromatic carbocycles. The summed E-state index contributed by atoms with van der Waals surface area (Å²) in [6.07, 6.45) is 5.09. The lowest BCUT2D eigenvalue weighted by Crippen LogP contribution is -2.45. The molecule has 0 bridgehead atoms. The Kier molecular flexibility index (Phi) is 4.79. The first-order valence-corrected chi connectivity index (χ1v) is 7.24. The monoisotopic (exact) mass is 246 g/mol. The first-order chi connectivity index (χ1) is 8.68. The Labute approximate surface area is 111 Å². The van der Waals surface area contributed by atoms with Crippen molar-refractivity contribution in [2.24, 2.45) is 5.73 Å². The van der Waals surface area contributed by atoms with Gasteiger partial charge in [-0.1, -0.05) is 36.8 Å². The molecule has 0 spiro atoms. The van der Waals surface area contributed by atoms with Crippen molar-refractivity contribution >= 4 is 0 Å². The average Bonchev–Trinajstić information content (AvgIpc) is 2.40. The van der Waals surface area contributed by atoms with Crippen molar-refractivity contribution < 1.29 is 0 Å². The number of hydrogen-bond donors (Lipinski definition) is 1. The molecule has 100 valence electrons. The Hall–Kier alpha value is -0.860. The van der Waals surface area contributed by atoms with E-state index in [-0.39, 0.29) is 6.04 Å². The molecule has 1 fully saturated rings. The summed E-state index contributed by atoms with van der Waals surface area (Å²) in [6, 6.07) is 12.0. The third-order valence-electron chi connectivity index (χ3n) is 4.09. The minimum Gasteiger partial charge on any atom is -0.324 e. The van der Waals surface area contributed by atoms with Crippen LogP contribution in [-0.4, -0.2) is 23.5 Å². The van der Waals surface area contributed by atoms with Crippen LogP contribution in [0, 0.1) is 0 Å². The van der Waals surface area contributed by atoms with Crippen LogP contribution in [0.3, 0.4) is 0 Å². The van der Waals surface area contributed by atoms with E-state index in [9.17, 15) is 0 Å². The van der Waals surface area contributed by atoms with Crippen LogP contribution in [-0.2, 0) is 0 Å². The fourth-order valence-electron chi connectivity index (χ4n) is 3.09. The van der Waals surface area contributed by atoms with E-state index in [1.54, 1.807) is 0 Å². The molecule has 0 saturated carbocycles. The summed E-state index contributed by atoms with van der Waals surface area (Å²) in [5.41, 5.74) is 7.63. The molecule has 1 aliphatic rings. The molecule has 2 N–H and O–H groups in total. The van der Waals surface area contributed by atoms with Crippen molar-refractivity contribution in [2.45, 2.75) is 57.7 Å². The van der Waals surface area contributed by atoms with E-state index >= 15 is 0 Å². The first kappa shape index (κ1) is 13.6. The SMILES string of the molecule is CC(C)N1CCCCC1CC(N)c1ccccc1. The second-order valence-electron chi connectivity index (χ2n) is 5.73. The molecule has 0 amide bonds. The molecular formula is C16H26N2. The number of nitrogens with zero attached hydrogens (tertiary/aromatic N) is 1. The Bertz CT molecular complexity index is 347. The molecule has 18 heavy (non-hydrogen) atoms. The van der Waals surface area contributed by atoms with Crippen LogP contribution >= 0.6 is 0 Å². The zero-order chi connectivity index (χ0) is 13.0. The van der Waals surface area contributed by atoms with Crippen molar-refractivity contribution in [2.75, 3.05) is 6.54 Å². The van der Waals surface area contributed by atoms with E-state index in [0.717, 1.165) is 6.42 Å². The highest BCUT2D eigenvalue weighted by atomic mass is 15.2. The highest BCUT2D eigenvalue weighted by Gasteiger charge is 2.26. The predicted octanol–water partition coefficient (Wildman–Crippen LogP) is 3.34. The van der Waals surface area contributed by atoms with Gasteiger partial charge >= 0.3 is 0 Å². The van der Waals surface area contributed by atoms with Crippen LogP contribution in [0.15, 0.2) is 30.3 Å². The summed E-state index contributed by atoms with van der Waals surface area (Å²) < 4.78 is 0. The highest BCUT2D eigenvalue weighted by molar-refractivity contribution is 5.18. The van der Waals surface area contributed by atoms with Gasteiger partial charge in [-0.3, -0.25) is 4.90 Å². The average molecular weight is 246 g/mol. The van der Waals surface area contributed by atoms with Gasteiger partial charge in [-0.15, -0.1) is 0 Å². The Morgan fingerprint density at radius 1 is 1.22 bits per heavy atom. The molecule has 1 saturated heterocycles. The molecular weight excluding hydrogens is 220 g/mol. The van der Waals surface area contributed by atoms with Crippen LogP contribution in [0.2, 0.25) is 0 Å². The lowest BCUT2D eigenvalue weighted by atomic mass is 9.92. The van der Waals surface area contributed by atoms with Gasteiger partial charge in [0, 0.05) is 18.1 Å². The van der Waals surface area contributed by atoms with Crippen molar-refractivity contribution in [1.29, 1.82) is 0 Å². The Morgan fingerprint density at radius 3 is 2.61 bits per heavy atom. The zero-order valence-corrected chi connectivity index (χ0v) is 11.7. The smallest absolute Gasteiger partial charge is 0.0309 e. The summed E-state index contributed by atoms with van der Waals surface area (Å²) in [5, 5.41) is 0. The molecule has 1 heterocycles. The number of piperidine rings is 1. The van der Waals surface area contributed by atoms with E-state index in [0.29, 0.717) is 12.1 Å². The van der Waals surface area contributed by atoms with E-state index in [2.05, 4.69) is 49.1 Å². The molecule has 2 rings (SSSR count). The van der Waals surface area contributed by atoms with Crippen LogP contribution < -0.4 is 5.73 Å². The van der Waals surface area contributed by atoms with E-state index in [4.69, 9.17) is 5.73 Å². The molecule has 2 atom stereocenters. The molecule has 2 nitrogen and oxygen atoms in total. The first-order valence-electron chi connectivity index (χ1n) is 7.24. The van der Waals surface area contributed by atoms with Gasteiger partial charge in [0.1, 0.15) is 0 Å². The number of benzene rings is 1. The number of likely N-dealkylation sites (tertiary alicyclic amines) is 1. The summed E-state index contributed by atoms with van der Waals surface area (Å²) in [7, 11) is 0. The van der Waals surface area contributed by atoms with Gasteiger partial charge in [0.05, 0.1) is 0 Å². The fraction of sp³-hybridized carbons (Fsp3) is 0.625. The van der Waals surface area contributed by atoms with Crippen LogP contribution in [0.1, 0.15) is 51.1 Å². The van der Waals surface area contributed by atoms with Crippen molar-refractivity contribution in [3.63, 3.8) is 0 Å². The van der Waals surface area contributed by atoms with E-state index < -0.39 is 0 Å². The maximum atomic E-state index is 6.36. The van der Waals surface area contributed by atoms with Gasteiger partial charge < -0.3 is 5.73 Å². The third kappa shape index (κ3) is 3.33. The summed E-state index contributed by atoms with van der Waals surface area (Å²) in [5.74, 6) is 0. The predicted molar refractivity (Wildman–Crippen MR) is 77.5 cm³/mol. The quantitative estimate of drug-likeness (QED) is 0.883. The summed E-state index contributed by atoms with van der Waals surface area (Å²) in [6.45, 7) is 5.84. The Morgan fingerprint density at radius 2 is 1.94 bits per heavy atom. The largest absolute Gasteiger partial charge is 0.324 e. The maximum absolute atomic E-state index is 6.36. The van der Waals surface area contributed by atoms with Crippen LogP contribution in [0.5, 0.6) is 0 Å². The molecule has 2 unspecified atom stereocenters. The van der Waals surface area contributed by atoms with Gasteiger partial charge in [-0.25, -0.2) is 0 Å². The lowest BCUT2D eigenvalue weighted by molar-refractivity contribution is 0.100. The molecule has 1 aromatic rings. The van der Waals surface area contributed by atoms with Crippen molar-refractivity contribution in [3.05, 3.63) is 35.9 Å². The second-order valence-corrected chi connectivity index (χ2v) is 5.73. The summed E-state index contributed by atoms with van der Waals surface area (Å²) >= 11 is 0. The maximum Gasteiger partial charge on any atom is 0.0309 e. The second kappa shape index (κ2) is 6.35. The van der Waals surface area contributed by atoms with Crippen LogP contribution in [0.25, 0.3) is 0 Å². The molecule has 2 heteroatoms. The molecule has 0 aliphatic carbocycles. The standard InChI is InChI=1S/C16H26N2/c1-13(2)18-11-7-6-10-15(18)12-16(17)14-8-4-3-5-9-14/h3-5,8-9,13,15-16H,6-7,10-12,17H2,1-2H3. The lowest BCUT2D eigenvalue weighted by Gasteiger charge is -2.39. The third-order valence-corrected chi connectivity index (χ3v) is 4.09. The van der Waals surface area contributed by atoms with Crippen LogP contribution in [0.4, 0.5) is 0 Å². The molecule has 1 aliphatic heterocycles. The normalized spacial score (nSPS) is 23.2. The minimum atomic E-state index is 0.176. The van der Waals surface area contributed by atoms with E-state index in [1.807, 2.05) is 0 Å². The fourth-order valence-corrected chi connectivity index (χ4v) is 3.09. The summed E-state index contributed by atoms with van der Waals surface area (Å²) in [4.78, 5) is 2.63. The van der Waals surface area contributed by atoms with Gasteiger partial charge in [0.15, 0.2) is 0 Å². The Balaban J connectivity index is 1.99. The van der Waals surface area contributed by atoms with Gasteiger partial charge in [-0.2, -0.15) is 0 Å². The van der Waals surface area contributed by atoms with Crippen molar-refractivity contribution in [1.82, 2.24) is 4.90 Å². The zero-order valence-electron chi connectivity index (χ0n) is 11.7. The highest BCUT2D eigenvalue weighted by Crippen LogP contribution is 2.26.